The zero-order valence-corrected chi connectivity index (χ0v) is 26.9. The van der Waals surface area contributed by atoms with E-state index in [1.54, 1.807) is 60.7 Å². The molecule has 16 heteroatoms. The molecule has 1 unspecified atom stereocenters. The molecule has 5 rings (SSSR count). The first-order chi connectivity index (χ1) is 21.7. The van der Waals surface area contributed by atoms with E-state index < -0.39 is 82.2 Å². The Balaban J connectivity index is 1.45. The van der Waals surface area contributed by atoms with Crippen molar-refractivity contribution in [3.8, 4) is 5.75 Å². The SMILES string of the molecule is CC(Oc1ccc([S+](c2ccc(C3(C)OCC(F)(F)CO3)cc2)c2ccc(C3(C)OCC(F)(F)CO3)cc2)cc1)C(F)(F)S(=O)(=O)O. The molecule has 0 bridgehead atoms. The molecule has 1 atom stereocenters. The van der Waals surface area contributed by atoms with Crippen molar-refractivity contribution in [2.75, 3.05) is 26.4 Å². The van der Waals surface area contributed by atoms with Gasteiger partial charge in [0.05, 0.1) is 10.9 Å². The van der Waals surface area contributed by atoms with Gasteiger partial charge in [-0.25, -0.2) is 17.6 Å². The van der Waals surface area contributed by atoms with Crippen LogP contribution in [0.15, 0.2) is 87.5 Å². The van der Waals surface area contributed by atoms with Gasteiger partial charge in [-0.2, -0.15) is 17.2 Å². The summed E-state index contributed by atoms with van der Waals surface area (Å²) in [6.07, 6.45) is -2.21. The van der Waals surface area contributed by atoms with E-state index >= 15 is 0 Å². The molecular weight excluding hydrogens is 678 g/mol. The van der Waals surface area contributed by atoms with E-state index in [1.165, 1.54) is 26.0 Å². The van der Waals surface area contributed by atoms with Crippen LogP contribution in [-0.4, -0.2) is 62.6 Å². The van der Waals surface area contributed by atoms with Crippen LogP contribution >= 0.6 is 0 Å². The maximum Gasteiger partial charge on any atom is 0.405 e. The largest absolute Gasteiger partial charge is 0.483 e. The average Bonchev–Trinajstić information content (AvgIpc) is 3.01. The summed E-state index contributed by atoms with van der Waals surface area (Å²) in [5.74, 6) is -9.13. The molecule has 2 saturated heterocycles. The molecule has 1 N–H and O–H groups in total. The summed E-state index contributed by atoms with van der Waals surface area (Å²) in [6, 6.07) is 19.6. The Morgan fingerprint density at radius 2 is 1.02 bits per heavy atom. The van der Waals surface area contributed by atoms with Crippen LogP contribution in [0.2, 0.25) is 0 Å². The average molecular weight is 710 g/mol. The number of benzene rings is 3. The van der Waals surface area contributed by atoms with Gasteiger partial charge in [-0.05, 0) is 93.6 Å². The van der Waals surface area contributed by atoms with Crippen LogP contribution in [0.1, 0.15) is 31.9 Å². The summed E-state index contributed by atoms with van der Waals surface area (Å²) in [7, 11) is -6.61. The molecule has 47 heavy (non-hydrogen) atoms. The van der Waals surface area contributed by atoms with Gasteiger partial charge in [0.25, 0.3) is 11.8 Å². The van der Waals surface area contributed by atoms with Crippen molar-refractivity contribution in [3.63, 3.8) is 0 Å². The lowest BCUT2D eigenvalue weighted by Gasteiger charge is -2.37. The lowest BCUT2D eigenvalue weighted by molar-refractivity contribution is -0.328. The van der Waals surface area contributed by atoms with E-state index in [0.29, 0.717) is 16.0 Å². The van der Waals surface area contributed by atoms with Crippen LogP contribution in [0.5, 0.6) is 5.75 Å². The van der Waals surface area contributed by atoms with Crippen molar-refractivity contribution in [2.45, 2.75) is 70.2 Å². The standard InChI is InChI=1S/C31H30F6O8S2/c1-20(31(36,37)47(38,39)40)45-23-8-14-26(15-9-23)46(24-10-4-21(5-11-24)27(2)41-16-29(32,33)17-42-27)25-12-6-22(7-13-25)28(3)43-18-30(34,35)19-44-28/h4-15,20H,16-19H2,1-3H3/p+1. The van der Waals surface area contributed by atoms with Gasteiger partial charge in [-0.3, -0.25) is 4.55 Å². The highest BCUT2D eigenvalue weighted by atomic mass is 32.2. The van der Waals surface area contributed by atoms with Gasteiger partial charge in [-0.1, -0.05) is 0 Å². The molecule has 3 aromatic rings. The number of hydrogen-bond acceptors (Lipinski definition) is 7. The Bertz CT molecular complexity index is 1570. The van der Waals surface area contributed by atoms with Gasteiger partial charge in [0.15, 0.2) is 32.4 Å². The molecule has 0 saturated carbocycles. The van der Waals surface area contributed by atoms with Gasteiger partial charge < -0.3 is 23.7 Å². The van der Waals surface area contributed by atoms with Gasteiger partial charge in [0.2, 0.25) is 0 Å². The van der Waals surface area contributed by atoms with Crippen LogP contribution in [-0.2, 0) is 51.5 Å². The number of hydrogen-bond donors (Lipinski definition) is 1. The van der Waals surface area contributed by atoms with E-state index in [-0.39, 0.29) is 5.75 Å². The van der Waals surface area contributed by atoms with Crippen molar-refractivity contribution in [1.29, 1.82) is 0 Å². The maximum atomic E-state index is 14.1. The molecule has 256 valence electrons. The summed E-state index contributed by atoms with van der Waals surface area (Å²) in [6.45, 7) is 0.631. The van der Waals surface area contributed by atoms with E-state index in [0.717, 1.165) is 16.7 Å². The number of halogens is 6. The predicted molar refractivity (Wildman–Crippen MR) is 156 cm³/mol. The van der Waals surface area contributed by atoms with Crippen LogP contribution in [0.25, 0.3) is 0 Å². The number of alkyl halides is 6. The molecule has 0 amide bonds. The molecule has 0 radical (unpaired) electrons. The first kappa shape index (κ1) is 35.4. The third kappa shape index (κ3) is 7.58. The minimum Gasteiger partial charge on any atom is -0.483 e. The van der Waals surface area contributed by atoms with E-state index in [9.17, 15) is 34.8 Å². The van der Waals surface area contributed by atoms with Crippen LogP contribution in [0.4, 0.5) is 26.3 Å². The van der Waals surface area contributed by atoms with Gasteiger partial charge in [0.1, 0.15) is 32.2 Å². The van der Waals surface area contributed by atoms with Gasteiger partial charge in [-0.15, -0.1) is 0 Å². The molecule has 8 nitrogen and oxygen atoms in total. The van der Waals surface area contributed by atoms with Crippen LogP contribution in [0.3, 0.4) is 0 Å². The smallest absolute Gasteiger partial charge is 0.405 e. The molecule has 2 heterocycles. The second-order valence-corrected chi connectivity index (χ2v) is 14.9. The topological polar surface area (TPSA) is 101 Å². The first-order valence-corrected chi connectivity index (χ1v) is 16.8. The monoisotopic (exact) mass is 709 g/mol. The molecule has 2 fully saturated rings. The maximum absolute atomic E-state index is 14.1. The lowest BCUT2D eigenvalue weighted by atomic mass is 10.1. The Hall–Kier alpha value is -2.86. The highest BCUT2D eigenvalue weighted by molar-refractivity contribution is 7.97. The van der Waals surface area contributed by atoms with Gasteiger partial charge in [0, 0.05) is 11.1 Å². The Kier molecular flexibility index (Phi) is 9.46. The molecule has 0 aromatic heterocycles. The summed E-state index contributed by atoms with van der Waals surface area (Å²) in [5, 5.41) is -4.56. The normalized spacial score (nSPS) is 21.3. The van der Waals surface area contributed by atoms with Crippen LogP contribution in [0, 0.1) is 0 Å². The summed E-state index contributed by atoms with van der Waals surface area (Å²) >= 11 is 0. The van der Waals surface area contributed by atoms with Crippen molar-refractivity contribution in [2.24, 2.45) is 0 Å². The molecule has 3 aromatic carbocycles. The van der Waals surface area contributed by atoms with Gasteiger partial charge >= 0.3 is 15.4 Å². The fourth-order valence-corrected chi connectivity index (χ4v) is 7.31. The highest BCUT2D eigenvalue weighted by Gasteiger charge is 2.51. The zero-order chi connectivity index (χ0) is 34.5. The number of ether oxygens (including phenoxy) is 5. The Morgan fingerprint density at radius 3 is 1.34 bits per heavy atom. The van der Waals surface area contributed by atoms with Crippen molar-refractivity contribution in [1.82, 2.24) is 0 Å². The summed E-state index contributed by atoms with van der Waals surface area (Å²) < 4.78 is 140. The third-order valence-electron chi connectivity index (χ3n) is 7.65. The highest BCUT2D eigenvalue weighted by Crippen LogP contribution is 2.40. The predicted octanol–water partition coefficient (Wildman–Crippen LogP) is 6.74. The second-order valence-electron chi connectivity index (χ2n) is 11.4. The molecule has 0 aliphatic carbocycles. The fourth-order valence-electron chi connectivity index (χ4n) is 4.81. The molecule has 2 aliphatic heterocycles. The van der Waals surface area contributed by atoms with Crippen molar-refractivity contribution < 1.29 is 63.0 Å². The summed E-state index contributed by atoms with van der Waals surface area (Å²) in [5.41, 5.74) is 0.980. The first-order valence-electron chi connectivity index (χ1n) is 14.1. The minimum absolute atomic E-state index is 0.0912. The summed E-state index contributed by atoms with van der Waals surface area (Å²) in [4.78, 5) is 2.14. The van der Waals surface area contributed by atoms with E-state index in [2.05, 4.69) is 0 Å². The quantitative estimate of drug-likeness (QED) is 0.148. The second kappa shape index (κ2) is 12.5. The Labute approximate surface area is 270 Å². The van der Waals surface area contributed by atoms with Crippen LogP contribution < -0.4 is 4.74 Å². The van der Waals surface area contributed by atoms with Crippen molar-refractivity contribution in [3.05, 3.63) is 83.9 Å². The number of rotatable bonds is 9. The van der Waals surface area contributed by atoms with E-state index in [4.69, 9.17) is 28.2 Å². The Morgan fingerprint density at radius 1 is 0.702 bits per heavy atom. The third-order valence-corrected chi connectivity index (χ3v) is 10.9. The lowest BCUT2D eigenvalue weighted by Crippen LogP contribution is -2.46. The molecule has 2 aliphatic rings. The fraction of sp³-hybridized carbons (Fsp3) is 0.419. The molecular formula is C31H31F6O8S2+. The zero-order valence-electron chi connectivity index (χ0n) is 25.2. The molecule has 0 spiro atoms. The van der Waals surface area contributed by atoms with E-state index in [1.807, 2.05) is 0 Å². The van der Waals surface area contributed by atoms with Crippen molar-refractivity contribution >= 4 is 21.0 Å². The minimum atomic E-state index is -5.73.